The fraction of sp³-hybridized carbons (Fsp3) is 0.333. The summed E-state index contributed by atoms with van der Waals surface area (Å²) in [6.45, 7) is 2.70. The van der Waals surface area contributed by atoms with Gasteiger partial charge in [0.05, 0.1) is 12.7 Å². The van der Waals surface area contributed by atoms with Gasteiger partial charge in [-0.3, -0.25) is 0 Å². The SMILES string of the molecule is C/C=C/Cn1cc(N)nn1. The van der Waals surface area contributed by atoms with Gasteiger partial charge in [-0.15, -0.1) is 5.10 Å². The van der Waals surface area contributed by atoms with E-state index in [9.17, 15) is 0 Å². The van der Waals surface area contributed by atoms with Crippen molar-refractivity contribution in [1.82, 2.24) is 15.0 Å². The van der Waals surface area contributed by atoms with Crippen molar-refractivity contribution in [2.45, 2.75) is 13.5 Å². The molecule has 4 nitrogen and oxygen atoms in total. The summed E-state index contributed by atoms with van der Waals surface area (Å²) in [5.74, 6) is 0.463. The second kappa shape index (κ2) is 3.00. The Morgan fingerprint density at radius 3 is 3.10 bits per heavy atom. The van der Waals surface area contributed by atoms with Crippen molar-refractivity contribution in [2.24, 2.45) is 0 Å². The largest absolute Gasteiger partial charge is 0.381 e. The third kappa shape index (κ3) is 1.58. The molecule has 0 bridgehead atoms. The molecule has 0 aromatic carbocycles. The van der Waals surface area contributed by atoms with Crippen LogP contribution in [-0.2, 0) is 6.54 Å². The summed E-state index contributed by atoms with van der Waals surface area (Å²) in [5.41, 5.74) is 5.33. The predicted molar refractivity (Wildman–Crippen MR) is 39.2 cm³/mol. The lowest BCUT2D eigenvalue weighted by atomic mass is 10.5. The molecule has 4 heteroatoms. The van der Waals surface area contributed by atoms with Crippen molar-refractivity contribution in [3.63, 3.8) is 0 Å². The van der Waals surface area contributed by atoms with Gasteiger partial charge in [0.25, 0.3) is 0 Å². The molecule has 0 saturated carbocycles. The maximum atomic E-state index is 5.33. The number of allylic oxidation sites excluding steroid dienone is 2. The van der Waals surface area contributed by atoms with Crippen molar-refractivity contribution in [1.29, 1.82) is 0 Å². The van der Waals surface area contributed by atoms with E-state index in [1.807, 2.05) is 19.1 Å². The van der Waals surface area contributed by atoms with Crippen molar-refractivity contribution in [3.05, 3.63) is 18.3 Å². The lowest BCUT2D eigenvalue weighted by Crippen LogP contribution is -1.94. The van der Waals surface area contributed by atoms with Crippen LogP contribution in [0.5, 0.6) is 0 Å². The molecule has 1 aromatic heterocycles. The molecule has 0 aliphatic rings. The first-order valence-corrected chi connectivity index (χ1v) is 3.09. The number of rotatable bonds is 2. The number of anilines is 1. The van der Waals surface area contributed by atoms with Crippen molar-refractivity contribution >= 4 is 5.82 Å². The second-order valence-electron chi connectivity index (χ2n) is 1.93. The summed E-state index contributed by atoms with van der Waals surface area (Å²) in [7, 11) is 0. The topological polar surface area (TPSA) is 56.7 Å². The summed E-state index contributed by atoms with van der Waals surface area (Å²) in [6, 6.07) is 0. The molecule has 0 unspecified atom stereocenters. The van der Waals surface area contributed by atoms with E-state index >= 15 is 0 Å². The maximum Gasteiger partial charge on any atom is 0.165 e. The molecule has 10 heavy (non-hydrogen) atoms. The Kier molecular flexibility index (Phi) is 2.04. The molecular formula is C6H10N4. The van der Waals surface area contributed by atoms with Crippen LogP contribution in [0.4, 0.5) is 5.82 Å². The van der Waals surface area contributed by atoms with Gasteiger partial charge in [0.1, 0.15) is 0 Å². The predicted octanol–water partition coefficient (Wildman–Crippen LogP) is 0.436. The Bertz CT molecular complexity index is 225. The van der Waals surface area contributed by atoms with Crippen molar-refractivity contribution in [3.8, 4) is 0 Å². The first-order valence-electron chi connectivity index (χ1n) is 3.09. The average Bonchev–Trinajstić information content (AvgIpc) is 2.31. The van der Waals surface area contributed by atoms with E-state index in [0.717, 1.165) is 6.54 Å². The van der Waals surface area contributed by atoms with Gasteiger partial charge in [0.2, 0.25) is 0 Å². The third-order valence-corrected chi connectivity index (χ3v) is 1.08. The summed E-state index contributed by atoms with van der Waals surface area (Å²) in [5, 5.41) is 7.37. The van der Waals surface area contributed by atoms with E-state index in [-0.39, 0.29) is 0 Å². The van der Waals surface area contributed by atoms with Crippen LogP contribution in [0.2, 0.25) is 0 Å². The minimum Gasteiger partial charge on any atom is -0.381 e. The Morgan fingerprint density at radius 1 is 1.80 bits per heavy atom. The third-order valence-electron chi connectivity index (χ3n) is 1.08. The lowest BCUT2D eigenvalue weighted by Gasteiger charge is -1.88. The van der Waals surface area contributed by atoms with Gasteiger partial charge in [-0.05, 0) is 6.92 Å². The van der Waals surface area contributed by atoms with Gasteiger partial charge >= 0.3 is 0 Å². The molecule has 1 rings (SSSR count). The van der Waals surface area contributed by atoms with Crippen LogP contribution in [0.3, 0.4) is 0 Å². The zero-order valence-corrected chi connectivity index (χ0v) is 5.86. The zero-order chi connectivity index (χ0) is 7.40. The van der Waals surface area contributed by atoms with E-state index in [0.29, 0.717) is 5.82 Å². The van der Waals surface area contributed by atoms with Crippen LogP contribution in [-0.4, -0.2) is 15.0 Å². The molecule has 0 atom stereocenters. The molecule has 54 valence electrons. The zero-order valence-electron chi connectivity index (χ0n) is 5.86. The summed E-state index contributed by atoms with van der Waals surface area (Å²) < 4.78 is 1.68. The highest BCUT2D eigenvalue weighted by atomic mass is 15.4. The monoisotopic (exact) mass is 138 g/mol. The Hall–Kier alpha value is -1.32. The van der Waals surface area contributed by atoms with Gasteiger partial charge in [-0.1, -0.05) is 17.4 Å². The molecule has 1 heterocycles. The standard InChI is InChI=1S/C6H10N4/c1-2-3-4-10-5-6(7)8-9-10/h2-3,5H,4,7H2,1H3/b3-2+. The molecule has 0 saturated heterocycles. The first kappa shape index (κ1) is 6.80. The Morgan fingerprint density at radius 2 is 2.60 bits per heavy atom. The van der Waals surface area contributed by atoms with Crippen LogP contribution < -0.4 is 5.73 Å². The molecule has 0 radical (unpaired) electrons. The molecule has 0 amide bonds. The van der Waals surface area contributed by atoms with E-state index in [4.69, 9.17) is 5.73 Å². The van der Waals surface area contributed by atoms with Crippen LogP contribution in [0, 0.1) is 0 Å². The number of hydrogen-bond acceptors (Lipinski definition) is 3. The molecular weight excluding hydrogens is 128 g/mol. The normalized spacial score (nSPS) is 10.9. The highest BCUT2D eigenvalue weighted by Gasteiger charge is 1.90. The van der Waals surface area contributed by atoms with Gasteiger partial charge in [-0.25, -0.2) is 4.68 Å². The quantitative estimate of drug-likeness (QED) is 0.603. The Labute approximate surface area is 59.3 Å². The Balaban J connectivity index is 2.58. The number of nitrogens with two attached hydrogens (primary N) is 1. The molecule has 0 aliphatic heterocycles. The molecule has 1 aromatic rings. The first-order chi connectivity index (χ1) is 4.83. The molecule has 0 aliphatic carbocycles. The molecule has 0 fully saturated rings. The van der Waals surface area contributed by atoms with Gasteiger partial charge in [0, 0.05) is 0 Å². The number of hydrogen-bond donors (Lipinski definition) is 1. The average molecular weight is 138 g/mol. The van der Waals surface area contributed by atoms with Crippen LogP contribution in [0.15, 0.2) is 18.3 Å². The number of nitrogens with zero attached hydrogens (tertiary/aromatic N) is 3. The lowest BCUT2D eigenvalue weighted by molar-refractivity contribution is 0.661. The highest BCUT2D eigenvalue weighted by molar-refractivity contribution is 5.19. The summed E-state index contributed by atoms with van der Waals surface area (Å²) in [6.07, 6.45) is 5.63. The van der Waals surface area contributed by atoms with Crippen LogP contribution in [0.1, 0.15) is 6.92 Å². The fourth-order valence-electron chi connectivity index (χ4n) is 0.616. The van der Waals surface area contributed by atoms with Gasteiger partial charge in [-0.2, -0.15) is 0 Å². The van der Waals surface area contributed by atoms with Gasteiger partial charge in [0.15, 0.2) is 5.82 Å². The summed E-state index contributed by atoms with van der Waals surface area (Å²) in [4.78, 5) is 0. The van der Waals surface area contributed by atoms with E-state index in [2.05, 4.69) is 10.3 Å². The molecule has 2 N–H and O–H groups in total. The minimum atomic E-state index is 0.463. The van der Waals surface area contributed by atoms with E-state index < -0.39 is 0 Å². The highest BCUT2D eigenvalue weighted by Crippen LogP contribution is 1.91. The summed E-state index contributed by atoms with van der Waals surface area (Å²) >= 11 is 0. The number of aromatic nitrogens is 3. The van der Waals surface area contributed by atoms with Crippen LogP contribution in [0.25, 0.3) is 0 Å². The van der Waals surface area contributed by atoms with E-state index in [1.54, 1.807) is 10.9 Å². The van der Waals surface area contributed by atoms with Gasteiger partial charge < -0.3 is 5.73 Å². The van der Waals surface area contributed by atoms with Crippen LogP contribution >= 0.6 is 0 Å². The second-order valence-corrected chi connectivity index (χ2v) is 1.93. The fourth-order valence-corrected chi connectivity index (χ4v) is 0.616. The van der Waals surface area contributed by atoms with Crippen molar-refractivity contribution < 1.29 is 0 Å². The number of nitrogen functional groups attached to an aromatic ring is 1. The molecule has 0 spiro atoms. The smallest absolute Gasteiger partial charge is 0.165 e. The van der Waals surface area contributed by atoms with E-state index in [1.165, 1.54) is 0 Å². The maximum absolute atomic E-state index is 5.33. The van der Waals surface area contributed by atoms with Crippen molar-refractivity contribution in [2.75, 3.05) is 5.73 Å². The minimum absolute atomic E-state index is 0.463.